The number of methoxy groups -OCH3 is 1. The number of rotatable bonds is 6. The molecule has 2 aromatic heterocycles. The maximum Gasteiger partial charge on any atom is 0.296 e. The molecular weight excluding hydrogens is 499 g/mol. The highest BCUT2D eigenvalue weighted by atomic mass is 19.1. The summed E-state index contributed by atoms with van der Waals surface area (Å²) < 4.78 is 31.6. The van der Waals surface area contributed by atoms with Crippen molar-refractivity contribution in [3.8, 4) is 11.5 Å². The maximum absolute atomic E-state index is 14.1. The molecule has 3 heterocycles. The summed E-state index contributed by atoms with van der Waals surface area (Å²) in [6, 6.07) is 23.0. The maximum atomic E-state index is 14.1. The molecule has 6 rings (SSSR count). The molecule has 1 atom stereocenters. The van der Waals surface area contributed by atoms with Gasteiger partial charge in [-0.05, 0) is 60.5 Å². The zero-order chi connectivity index (χ0) is 27.1. The number of aryl methyl sites for hydroxylation is 1. The summed E-state index contributed by atoms with van der Waals surface area (Å²) in [6.45, 7) is 2.15. The molecule has 7 nitrogen and oxygen atoms in total. The van der Waals surface area contributed by atoms with Crippen LogP contribution in [0.4, 0.5) is 10.2 Å². The normalized spacial score (nSPS) is 14.5. The SMILES string of the molecule is COc1cc(C2c3c(oc4ccc(F)cc4c3=O)C(=O)N2c2cccc(C)n2)ccc1OCc1ccccc1. The van der Waals surface area contributed by atoms with Crippen molar-refractivity contribution in [1.82, 2.24) is 4.98 Å². The van der Waals surface area contributed by atoms with Crippen LogP contribution in [0.25, 0.3) is 11.0 Å². The fourth-order valence-corrected chi connectivity index (χ4v) is 4.87. The van der Waals surface area contributed by atoms with Crippen LogP contribution in [0.5, 0.6) is 11.5 Å². The Kier molecular flexibility index (Phi) is 6.07. The Hall–Kier alpha value is -4.98. The van der Waals surface area contributed by atoms with Crippen molar-refractivity contribution in [2.45, 2.75) is 19.6 Å². The van der Waals surface area contributed by atoms with Gasteiger partial charge in [-0.1, -0.05) is 42.5 Å². The minimum atomic E-state index is -0.886. The monoisotopic (exact) mass is 522 g/mol. The predicted octanol–water partition coefficient (Wildman–Crippen LogP) is 5.97. The smallest absolute Gasteiger partial charge is 0.296 e. The Labute approximate surface area is 223 Å². The summed E-state index contributed by atoms with van der Waals surface area (Å²) in [4.78, 5) is 33.5. The second kappa shape index (κ2) is 9.72. The van der Waals surface area contributed by atoms with Gasteiger partial charge < -0.3 is 13.9 Å². The zero-order valence-electron chi connectivity index (χ0n) is 21.2. The summed E-state index contributed by atoms with van der Waals surface area (Å²) in [5.41, 5.74) is 2.03. The Morgan fingerprint density at radius 1 is 0.949 bits per heavy atom. The molecule has 0 saturated carbocycles. The van der Waals surface area contributed by atoms with Crippen molar-refractivity contribution < 1.29 is 23.1 Å². The molecule has 5 aromatic rings. The quantitative estimate of drug-likeness (QED) is 0.273. The third-order valence-electron chi connectivity index (χ3n) is 6.69. The van der Waals surface area contributed by atoms with E-state index >= 15 is 0 Å². The first-order chi connectivity index (χ1) is 18.9. The number of ether oxygens (including phenoxy) is 2. The molecule has 0 bridgehead atoms. The van der Waals surface area contributed by atoms with E-state index in [0.29, 0.717) is 35.2 Å². The topological polar surface area (TPSA) is 81.9 Å². The van der Waals surface area contributed by atoms with E-state index in [0.717, 1.165) is 11.6 Å². The number of carbonyl (C=O) groups excluding carboxylic acids is 1. The molecule has 0 aliphatic carbocycles. The molecule has 1 aliphatic rings. The Morgan fingerprint density at radius 2 is 1.77 bits per heavy atom. The number of anilines is 1. The van der Waals surface area contributed by atoms with Crippen molar-refractivity contribution in [2.75, 3.05) is 12.0 Å². The van der Waals surface area contributed by atoms with Crippen molar-refractivity contribution >= 4 is 22.7 Å². The van der Waals surface area contributed by atoms with Crippen LogP contribution in [-0.2, 0) is 6.61 Å². The number of carbonyl (C=O) groups is 1. The third kappa shape index (κ3) is 4.29. The van der Waals surface area contributed by atoms with Crippen LogP contribution in [0.15, 0.2) is 94.1 Å². The average molecular weight is 523 g/mol. The van der Waals surface area contributed by atoms with Crippen LogP contribution >= 0.6 is 0 Å². The number of fused-ring (bicyclic) bond motifs is 2. The Bertz CT molecular complexity index is 1780. The fourth-order valence-electron chi connectivity index (χ4n) is 4.87. The van der Waals surface area contributed by atoms with Gasteiger partial charge >= 0.3 is 0 Å². The molecule has 0 N–H and O–H groups in total. The second-order valence-electron chi connectivity index (χ2n) is 9.21. The van der Waals surface area contributed by atoms with E-state index in [4.69, 9.17) is 13.9 Å². The lowest BCUT2D eigenvalue weighted by molar-refractivity contribution is 0.0970. The highest BCUT2D eigenvalue weighted by Crippen LogP contribution is 2.43. The summed E-state index contributed by atoms with van der Waals surface area (Å²) in [5, 5.41) is 0.0559. The first-order valence-electron chi connectivity index (χ1n) is 12.3. The van der Waals surface area contributed by atoms with Crippen LogP contribution in [0.1, 0.15) is 39.0 Å². The zero-order valence-corrected chi connectivity index (χ0v) is 21.2. The minimum absolute atomic E-state index is 0.0559. The van der Waals surface area contributed by atoms with Crippen molar-refractivity contribution in [3.05, 3.63) is 129 Å². The lowest BCUT2D eigenvalue weighted by atomic mass is 9.98. The predicted molar refractivity (Wildman–Crippen MR) is 144 cm³/mol. The van der Waals surface area contributed by atoms with Crippen molar-refractivity contribution in [3.63, 3.8) is 0 Å². The van der Waals surface area contributed by atoms with Gasteiger partial charge in [0.1, 0.15) is 23.8 Å². The van der Waals surface area contributed by atoms with E-state index in [1.54, 1.807) is 30.3 Å². The second-order valence-corrected chi connectivity index (χ2v) is 9.21. The first-order valence-corrected chi connectivity index (χ1v) is 12.3. The van der Waals surface area contributed by atoms with Crippen LogP contribution in [0.2, 0.25) is 0 Å². The molecule has 0 spiro atoms. The summed E-state index contributed by atoms with van der Waals surface area (Å²) in [6.07, 6.45) is 0. The highest BCUT2D eigenvalue weighted by molar-refractivity contribution is 6.10. The number of hydrogen-bond acceptors (Lipinski definition) is 6. The largest absolute Gasteiger partial charge is 0.493 e. The molecule has 39 heavy (non-hydrogen) atoms. The van der Waals surface area contributed by atoms with Crippen LogP contribution in [0.3, 0.4) is 0 Å². The number of amides is 1. The molecule has 8 heteroatoms. The van der Waals surface area contributed by atoms with Gasteiger partial charge in [0, 0.05) is 5.69 Å². The van der Waals surface area contributed by atoms with Crippen molar-refractivity contribution in [1.29, 1.82) is 0 Å². The van der Waals surface area contributed by atoms with Gasteiger partial charge in [-0.25, -0.2) is 9.37 Å². The number of aromatic nitrogens is 1. The number of nitrogens with zero attached hydrogens (tertiary/aromatic N) is 2. The summed E-state index contributed by atoms with van der Waals surface area (Å²) in [7, 11) is 1.52. The lowest BCUT2D eigenvalue weighted by Crippen LogP contribution is -2.30. The number of benzene rings is 3. The molecule has 0 radical (unpaired) electrons. The van der Waals surface area contributed by atoms with Gasteiger partial charge in [0.25, 0.3) is 5.91 Å². The van der Waals surface area contributed by atoms with E-state index in [9.17, 15) is 14.0 Å². The van der Waals surface area contributed by atoms with Gasteiger partial charge in [0.15, 0.2) is 16.9 Å². The van der Waals surface area contributed by atoms with Gasteiger partial charge in [0.2, 0.25) is 5.76 Å². The molecular formula is C31H23FN2O5. The molecule has 3 aromatic carbocycles. The molecule has 1 aliphatic heterocycles. The molecule has 0 fully saturated rings. The summed E-state index contributed by atoms with van der Waals surface area (Å²) >= 11 is 0. The van der Waals surface area contributed by atoms with Gasteiger partial charge in [-0.2, -0.15) is 0 Å². The summed E-state index contributed by atoms with van der Waals surface area (Å²) in [5.74, 6) is 0.0969. The minimum Gasteiger partial charge on any atom is -0.493 e. The van der Waals surface area contributed by atoms with E-state index < -0.39 is 23.2 Å². The fraction of sp³-hybridized carbons (Fsp3) is 0.129. The third-order valence-corrected chi connectivity index (χ3v) is 6.69. The Morgan fingerprint density at radius 3 is 2.54 bits per heavy atom. The number of hydrogen-bond donors (Lipinski definition) is 0. The van der Waals surface area contributed by atoms with Crippen LogP contribution < -0.4 is 19.8 Å². The first kappa shape index (κ1) is 24.4. The van der Waals surface area contributed by atoms with E-state index in [-0.39, 0.29) is 22.3 Å². The van der Waals surface area contributed by atoms with E-state index in [1.807, 2.05) is 43.3 Å². The van der Waals surface area contributed by atoms with Gasteiger partial charge in [-0.15, -0.1) is 0 Å². The Balaban J connectivity index is 1.50. The molecule has 194 valence electrons. The van der Waals surface area contributed by atoms with E-state index in [2.05, 4.69) is 4.98 Å². The van der Waals surface area contributed by atoms with Gasteiger partial charge in [-0.3, -0.25) is 14.5 Å². The lowest BCUT2D eigenvalue weighted by Gasteiger charge is -2.25. The van der Waals surface area contributed by atoms with Gasteiger partial charge in [0.05, 0.1) is 24.1 Å². The highest BCUT2D eigenvalue weighted by Gasteiger charge is 2.44. The molecule has 0 saturated heterocycles. The van der Waals surface area contributed by atoms with E-state index in [1.165, 1.54) is 24.1 Å². The average Bonchev–Trinajstić information content (AvgIpc) is 3.25. The number of halogens is 1. The molecule has 1 amide bonds. The van der Waals surface area contributed by atoms with Crippen LogP contribution in [0, 0.1) is 12.7 Å². The van der Waals surface area contributed by atoms with Crippen molar-refractivity contribution in [2.24, 2.45) is 0 Å². The number of pyridine rings is 1. The van der Waals surface area contributed by atoms with Crippen LogP contribution in [-0.4, -0.2) is 18.0 Å². The standard InChI is InChI=1S/C31H23FN2O5/c1-18-7-6-10-26(33-18)34-28(27-29(35)22-16-21(32)12-14-23(22)39-30(27)31(34)36)20-11-13-24(25(15-20)37-2)38-17-19-8-4-3-5-9-19/h3-16,28H,17H2,1-2H3. The molecule has 1 unspecified atom stereocenters.